The molecule has 0 bridgehead atoms. The molecule has 5 nitrogen and oxygen atoms in total. The lowest BCUT2D eigenvalue weighted by Crippen LogP contribution is -2.24. The maximum Gasteiger partial charge on any atom is 0.277 e. The Balaban J connectivity index is 1.52. The first-order valence-electron chi connectivity index (χ1n) is 8.31. The van der Waals surface area contributed by atoms with Crippen LogP contribution < -0.4 is 10.2 Å². The van der Waals surface area contributed by atoms with Crippen LogP contribution in [0.15, 0.2) is 71.8 Å². The van der Waals surface area contributed by atoms with Gasteiger partial charge in [0.15, 0.2) is 6.61 Å². The highest BCUT2D eigenvalue weighted by Gasteiger charge is 2.06. The average Bonchev–Trinajstić information content (AvgIpc) is 2.71. The summed E-state index contributed by atoms with van der Waals surface area (Å²) in [5.74, 6) is 0.348. The number of rotatable bonds is 6. The van der Waals surface area contributed by atoms with Gasteiger partial charge < -0.3 is 9.84 Å². The van der Waals surface area contributed by atoms with E-state index < -0.39 is 0 Å². The summed E-state index contributed by atoms with van der Waals surface area (Å²) in [5.41, 5.74) is 5.13. The minimum absolute atomic E-state index is 0.133. The molecule has 2 N–H and O–H groups in total. The van der Waals surface area contributed by atoms with Crippen molar-refractivity contribution in [3.8, 4) is 22.6 Å². The van der Waals surface area contributed by atoms with Gasteiger partial charge in [0.1, 0.15) is 11.5 Å². The molecule has 0 unspecified atom stereocenters. The first-order valence-corrected chi connectivity index (χ1v) is 10.5. The second-order valence-electron chi connectivity index (χ2n) is 5.80. The number of phenols is 1. The molecule has 0 saturated heterocycles. The number of amides is 1. The topological polar surface area (TPSA) is 70.9 Å². The van der Waals surface area contributed by atoms with Gasteiger partial charge in [0, 0.05) is 9.13 Å². The lowest BCUT2D eigenvalue weighted by atomic mass is 10.1. The van der Waals surface area contributed by atoms with Crippen molar-refractivity contribution < 1.29 is 14.6 Å². The fourth-order valence-electron chi connectivity index (χ4n) is 2.41. The number of carbonyl (C=O) groups is 1. The monoisotopic (exact) mass is 598 g/mol. The van der Waals surface area contributed by atoms with E-state index in [0.29, 0.717) is 11.3 Å². The molecule has 142 valence electrons. The van der Waals surface area contributed by atoms with E-state index >= 15 is 0 Å². The van der Waals surface area contributed by atoms with Crippen LogP contribution in [-0.4, -0.2) is 23.8 Å². The summed E-state index contributed by atoms with van der Waals surface area (Å²) < 4.78 is 7.17. The standard InChI is InChI=1S/C21H16I2N2O3/c22-17-10-16(21(27)19(23)11-17)12-24-25-20(26)13-28-18-8-6-15(7-9-18)14-4-2-1-3-5-14/h1-12,27H,13H2,(H,25,26)/b24-12+. The third-order valence-corrected chi connectivity index (χ3v) is 5.23. The van der Waals surface area contributed by atoms with Crippen LogP contribution in [0.25, 0.3) is 11.1 Å². The van der Waals surface area contributed by atoms with Crippen molar-refractivity contribution >= 4 is 57.3 Å². The largest absolute Gasteiger partial charge is 0.506 e. The van der Waals surface area contributed by atoms with Crippen molar-refractivity contribution in [3.05, 3.63) is 79.4 Å². The second-order valence-corrected chi connectivity index (χ2v) is 8.21. The summed E-state index contributed by atoms with van der Waals surface area (Å²) in [6, 6.07) is 21.2. The van der Waals surface area contributed by atoms with Crippen LogP contribution in [0.3, 0.4) is 0 Å². The van der Waals surface area contributed by atoms with Crippen LogP contribution in [-0.2, 0) is 4.79 Å². The minimum Gasteiger partial charge on any atom is -0.506 e. The molecule has 0 aliphatic heterocycles. The highest BCUT2D eigenvalue weighted by molar-refractivity contribution is 14.1. The second kappa shape index (κ2) is 9.87. The van der Waals surface area contributed by atoms with Gasteiger partial charge >= 0.3 is 0 Å². The molecule has 0 spiro atoms. The van der Waals surface area contributed by atoms with E-state index in [1.165, 1.54) is 6.21 Å². The SMILES string of the molecule is O=C(COc1ccc(-c2ccccc2)cc1)N/N=C/c1cc(I)cc(I)c1O. The van der Waals surface area contributed by atoms with E-state index in [2.05, 4.69) is 33.1 Å². The maximum absolute atomic E-state index is 11.9. The first-order chi connectivity index (χ1) is 13.5. The Morgan fingerprint density at radius 3 is 2.43 bits per heavy atom. The first kappa shape index (κ1) is 20.6. The van der Waals surface area contributed by atoms with Crippen LogP contribution >= 0.6 is 45.2 Å². The summed E-state index contributed by atoms with van der Waals surface area (Å²) >= 11 is 4.20. The average molecular weight is 598 g/mol. The molecular weight excluding hydrogens is 582 g/mol. The van der Waals surface area contributed by atoms with Crippen LogP contribution in [0.2, 0.25) is 0 Å². The summed E-state index contributed by atoms with van der Waals surface area (Å²) in [6.07, 6.45) is 1.41. The predicted octanol–water partition coefficient (Wildman–Crippen LogP) is 4.80. The molecule has 0 aliphatic carbocycles. The van der Waals surface area contributed by atoms with Crippen LogP contribution in [0.4, 0.5) is 0 Å². The van der Waals surface area contributed by atoms with Crippen molar-refractivity contribution in [2.45, 2.75) is 0 Å². The van der Waals surface area contributed by atoms with E-state index in [1.54, 1.807) is 6.07 Å². The van der Waals surface area contributed by atoms with Gasteiger partial charge in [0.2, 0.25) is 0 Å². The fourth-order valence-corrected chi connectivity index (χ4v) is 4.30. The van der Waals surface area contributed by atoms with Gasteiger partial charge in [-0.05, 0) is 80.6 Å². The van der Waals surface area contributed by atoms with Crippen LogP contribution in [0, 0.1) is 7.14 Å². The van der Waals surface area contributed by atoms with Gasteiger partial charge in [-0.1, -0.05) is 42.5 Å². The molecule has 3 rings (SSSR count). The highest BCUT2D eigenvalue weighted by atomic mass is 127. The molecule has 0 heterocycles. The number of nitrogens with zero attached hydrogens (tertiary/aromatic N) is 1. The molecule has 1 amide bonds. The number of nitrogens with one attached hydrogen (secondary N) is 1. The Morgan fingerprint density at radius 1 is 1.04 bits per heavy atom. The van der Waals surface area contributed by atoms with E-state index in [4.69, 9.17) is 4.74 Å². The zero-order valence-corrected chi connectivity index (χ0v) is 18.9. The van der Waals surface area contributed by atoms with Gasteiger partial charge in [0.25, 0.3) is 5.91 Å². The quantitative estimate of drug-likeness (QED) is 0.244. The Hall–Kier alpha value is -2.14. The van der Waals surface area contributed by atoms with Crippen molar-refractivity contribution in [3.63, 3.8) is 0 Å². The van der Waals surface area contributed by atoms with Crippen molar-refractivity contribution in [1.29, 1.82) is 0 Å². The number of carbonyl (C=O) groups excluding carboxylic acids is 1. The number of phenolic OH excluding ortho intramolecular Hbond substituents is 1. The Bertz CT molecular complexity index is 991. The molecule has 28 heavy (non-hydrogen) atoms. The number of hydrogen-bond acceptors (Lipinski definition) is 4. The van der Waals surface area contributed by atoms with Crippen LogP contribution in [0.5, 0.6) is 11.5 Å². The van der Waals surface area contributed by atoms with Gasteiger partial charge in [-0.2, -0.15) is 5.10 Å². The van der Waals surface area contributed by atoms with Crippen LogP contribution in [0.1, 0.15) is 5.56 Å². The van der Waals surface area contributed by atoms with Crippen molar-refractivity contribution in [2.75, 3.05) is 6.61 Å². The molecule has 0 fully saturated rings. The third kappa shape index (κ3) is 5.68. The number of hydrogen-bond donors (Lipinski definition) is 2. The molecule has 3 aromatic carbocycles. The van der Waals surface area contributed by atoms with E-state index in [0.717, 1.165) is 18.3 Å². The fraction of sp³-hybridized carbons (Fsp3) is 0.0476. The molecule has 0 aliphatic rings. The van der Waals surface area contributed by atoms with Gasteiger partial charge in [-0.3, -0.25) is 4.79 Å². The van der Waals surface area contributed by atoms with Gasteiger partial charge in [-0.25, -0.2) is 5.43 Å². The number of ether oxygens (including phenoxy) is 1. The minimum atomic E-state index is -0.386. The third-order valence-electron chi connectivity index (χ3n) is 3.78. The lowest BCUT2D eigenvalue weighted by molar-refractivity contribution is -0.123. The Kier molecular flexibility index (Phi) is 7.26. The summed E-state index contributed by atoms with van der Waals surface area (Å²) in [7, 11) is 0. The van der Waals surface area contributed by atoms with E-state index in [9.17, 15) is 9.90 Å². The molecule has 3 aromatic rings. The highest BCUT2D eigenvalue weighted by Crippen LogP contribution is 2.25. The molecule has 0 saturated carbocycles. The molecule has 0 atom stereocenters. The molecule has 7 heteroatoms. The normalized spacial score (nSPS) is 10.8. The summed E-state index contributed by atoms with van der Waals surface area (Å²) in [5, 5.41) is 13.9. The van der Waals surface area contributed by atoms with Gasteiger partial charge in [0.05, 0.1) is 9.78 Å². The molecular formula is C21H16I2N2O3. The van der Waals surface area contributed by atoms with Crippen molar-refractivity contribution in [2.24, 2.45) is 5.10 Å². The van der Waals surface area contributed by atoms with Crippen molar-refractivity contribution in [1.82, 2.24) is 5.43 Å². The zero-order valence-electron chi connectivity index (χ0n) is 14.6. The number of aromatic hydroxyl groups is 1. The maximum atomic E-state index is 11.9. The summed E-state index contributed by atoms with van der Waals surface area (Å²) in [4.78, 5) is 11.9. The van der Waals surface area contributed by atoms with E-state index in [1.807, 2.05) is 83.3 Å². The molecule has 0 aromatic heterocycles. The Morgan fingerprint density at radius 2 is 1.71 bits per heavy atom. The predicted molar refractivity (Wildman–Crippen MR) is 127 cm³/mol. The lowest BCUT2D eigenvalue weighted by Gasteiger charge is -2.07. The number of hydrazone groups is 1. The Labute approximate surface area is 190 Å². The smallest absolute Gasteiger partial charge is 0.277 e. The number of benzene rings is 3. The van der Waals surface area contributed by atoms with E-state index in [-0.39, 0.29) is 18.3 Å². The van der Waals surface area contributed by atoms with Gasteiger partial charge in [-0.15, -0.1) is 0 Å². The number of halogens is 2. The molecule has 0 radical (unpaired) electrons. The zero-order chi connectivity index (χ0) is 19.9. The summed E-state index contributed by atoms with van der Waals surface area (Å²) in [6.45, 7) is -0.155.